The Kier molecular flexibility index (Phi) is 6.81. The van der Waals surface area contributed by atoms with E-state index in [2.05, 4.69) is 41.5 Å². The fraction of sp³-hybridized carbons (Fsp3) is 0.333. The van der Waals surface area contributed by atoms with Gasteiger partial charge in [0.2, 0.25) is 11.1 Å². The lowest BCUT2D eigenvalue weighted by Gasteiger charge is -2.20. The highest BCUT2D eigenvalue weighted by Gasteiger charge is 2.16. The molecule has 0 spiro atoms. The fourth-order valence-electron chi connectivity index (χ4n) is 2.83. The average molecular weight is 396 g/mol. The Hall–Kier alpha value is -2.67. The monoisotopic (exact) mass is 395 g/mol. The van der Waals surface area contributed by atoms with E-state index < -0.39 is 0 Å². The van der Waals surface area contributed by atoms with Gasteiger partial charge in [0.25, 0.3) is 0 Å². The maximum absolute atomic E-state index is 12.7. The Morgan fingerprint density at radius 3 is 2.46 bits per heavy atom. The molecular formula is C21H25N5OS. The van der Waals surface area contributed by atoms with E-state index in [-0.39, 0.29) is 5.91 Å². The molecule has 0 aliphatic rings. The molecule has 0 fully saturated rings. The van der Waals surface area contributed by atoms with Gasteiger partial charge in [-0.2, -0.15) is 4.68 Å². The van der Waals surface area contributed by atoms with Crippen molar-refractivity contribution in [3.05, 3.63) is 65.7 Å². The Morgan fingerprint density at radius 2 is 1.82 bits per heavy atom. The number of carbonyl (C=O) groups excluding carboxylic acids is 1. The van der Waals surface area contributed by atoms with Gasteiger partial charge in [-0.25, -0.2) is 0 Å². The van der Waals surface area contributed by atoms with Crippen LogP contribution in [0, 0.1) is 0 Å². The molecule has 0 atom stereocenters. The van der Waals surface area contributed by atoms with Gasteiger partial charge >= 0.3 is 0 Å². The van der Waals surface area contributed by atoms with Gasteiger partial charge in [0, 0.05) is 13.1 Å². The summed E-state index contributed by atoms with van der Waals surface area (Å²) in [7, 11) is 0. The van der Waals surface area contributed by atoms with Gasteiger partial charge in [-0.3, -0.25) is 4.79 Å². The molecule has 0 unspecified atom stereocenters. The zero-order chi connectivity index (χ0) is 19.9. The minimum Gasteiger partial charge on any atom is -0.338 e. The summed E-state index contributed by atoms with van der Waals surface area (Å²) in [4.78, 5) is 14.5. The Bertz CT molecular complexity index is 893. The SMILES string of the molecule is CCN(Cc1ccccc1)C(=O)CSc1nnnn1-c1ccc(C(C)C)cc1. The number of hydrogen-bond acceptors (Lipinski definition) is 5. The van der Waals surface area contributed by atoms with Crippen molar-refractivity contribution in [1.29, 1.82) is 0 Å². The van der Waals surface area contributed by atoms with E-state index in [0.29, 0.717) is 29.9 Å². The van der Waals surface area contributed by atoms with Gasteiger partial charge in [0.1, 0.15) is 0 Å². The van der Waals surface area contributed by atoms with Crippen LogP contribution in [0.15, 0.2) is 59.8 Å². The molecule has 28 heavy (non-hydrogen) atoms. The van der Waals surface area contributed by atoms with E-state index in [9.17, 15) is 4.79 Å². The fourth-order valence-corrected chi connectivity index (χ4v) is 3.62. The van der Waals surface area contributed by atoms with Crippen LogP contribution in [-0.2, 0) is 11.3 Å². The first-order chi connectivity index (χ1) is 13.6. The van der Waals surface area contributed by atoms with Crippen LogP contribution in [0.3, 0.4) is 0 Å². The molecule has 0 aliphatic heterocycles. The lowest BCUT2D eigenvalue weighted by molar-refractivity contribution is -0.128. The number of rotatable bonds is 8. The van der Waals surface area contributed by atoms with Gasteiger partial charge in [0.15, 0.2) is 0 Å². The van der Waals surface area contributed by atoms with Crippen molar-refractivity contribution >= 4 is 17.7 Å². The van der Waals surface area contributed by atoms with Crippen LogP contribution in [0.25, 0.3) is 5.69 Å². The van der Waals surface area contributed by atoms with Gasteiger partial charge in [0.05, 0.1) is 11.4 Å². The van der Waals surface area contributed by atoms with Crippen molar-refractivity contribution < 1.29 is 4.79 Å². The summed E-state index contributed by atoms with van der Waals surface area (Å²) in [6, 6.07) is 18.2. The molecule has 1 heterocycles. The van der Waals surface area contributed by atoms with Crippen LogP contribution < -0.4 is 0 Å². The van der Waals surface area contributed by atoms with Crippen LogP contribution in [0.5, 0.6) is 0 Å². The predicted octanol–water partition coefficient (Wildman–Crippen LogP) is 3.93. The molecule has 0 aliphatic carbocycles. The molecule has 6 nitrogen and oxygen atoms in total. The quantitative estimate of drug-likeness (QED) is 0.541. The van der Waals surface area contributed by atoms with Crippen molar-refractivity contribution in [1.82, 2.24) is 25.1 Å². The van der Waals surface area contributed by atoms with Crippen LogP contribution in [0.1, 0.15) is 37.8 Å². The van der Waals surface area contributed by atoms with Gasteiger partial charge < -0.3 is 4.90 Å². The lowest BCUT2D eigenvalue weighted by atomic mass is 10.0. The first kappa shape index (κ1) is 20.1. The average Bonchev–Trinajstić information content (AvgIpc) is 3.19. The number of aromatic nitrogens is 4. The molecule has 2 aromatic carbocycles. The van der Waals surface area contributed by atoms with Crippen LogP contribution >= 0.6 is 11.8 Å². The lowest BCUT2D eigenvalue weighted by Crippen LogP contribution is -2.31. The third-order valence-electron chi connectivity index (χ3n) is 4.52. The second kappa shape index (κ2) is 9.50. The Morgan fingerprint density at radius 1 is 1.11 bits per heavy atom. The van der Waals surface area contributed by atoms with Gasteiger partial charge in [-0.1, -0.05) is 68.1 Å². The van der Waals surface area contributed by atoms with E-state index in [1.54, 1.807) is 4.68 Å². The molecular weight excluding hydrogens is 370 g/mol. The van der Waals surface area contributed by atoms with Crippen LogP contribution in [-0.4, -0.2) is 43.3 Å². The van der Waals surface area contributed by atoms with Gasteiger partial charge in [-0.15, -0.1) is 5.10 Å². The van der Waals surface area contributed by atoms with E-state index in [0.717, 1.165) is 11.3 Å². The largest absolute Gasteiger partial charge is 0.338 e. The molecule has 7 heteroatoms. The van der Waals surface area contributed by atoms with E-state index >= 15 is 0 Å². The van der Waals surface area contributed by atoms with Crippen molar-refractivity contribution in [3.8, 4) is 5.69 Å². The Labute approximate surface area is 169 Å². The molecule has 3 rings (SSSR count). The van der Waals surface area contributed by atoms with Crippen molar-refractivity contribution in [3.63, 3.8) is 0 Å². The predicted molar refractivity (Wildman–Crippen MR) is 112 cm³/mol. The smallest absolute Gasteiger partial charge is 0.233 e. The van der Waals surface area contributed by atoms with Gasteiger partial charge in [-0.05, 0) is 46.5 Å². The summed E-state index contributed by atoms with van der Waals surface area (Å²) in [5.41, 5.74) is 3.28. The summed E-state index contributed by atoms with van der Waals surface area (Å²) in [5.74, 6) is 0.838. The number of nitrogens with zero attached hydrogens (tertiary/aromatic N) is 5. The summed E-state index contributed by atoms with van der Waals surface area (Å²) in [6.07, 6.45) is 0. The number of tetrazole rings is 1. The summed E-state index contributed by atoms with van der Waals surface area (Å²) < 4.78 is 1.68. The summed E-state index contributed by atoms with van der Waals surface area (Å²) in [5, 5.41) is 12.6. The molecule has 0 saturated carbocycles. The summed E-state index contributed by atoms with van der Waals surface area (Å²) >= 11 is 1.36. The van der Waals surface area contributed by atoms with Crippen LogP contribution in [0.4, 0.5) is 0 Å². The van der Waals surface area contributed by atoms with Crippen molar-refractivity contribution in [2.75, 3.05) is 12.3 Å². The van der Waals surface area contributed by atoms with Crippen LogP contribution in [0.2, 0.25) is 0 Å². The first-order valence-corrected chi connectivity index (χ1v) is 10.4. The number of amides is 1. The molecule has 1 aromatic heterocycles. The highest BCUT2D eigenvalue weighted by atomic mass is 32.2. The normalized spacial score (nSPS) is 11.0. The highest BCUT2D eigenvalue weighted by molar-refractivity contribution is 7.99. The maximum Gasteiger partial charge on any atom is 0.233 e. The molecule has 0 radical (unpaired) electrons. The number of benzene rings is 2. The molecule has 3 aromatic rings. The third-order valence-corrected chi connectivity index (χ3v) is 5.42. The van der Waals surface area contributed by atoms with E-state index in [1.807, 2.05) is 54.3 Å². The standard InChI is InChI=1S/C21H25N5OS/c1-4-25(14-17-8-6-5-7-9-17)20(27)15-28-21-22-23-24-26(21)19-12-10-18(11-13-19)16(2)3/h5-13,16H,4,14-15H2,1-3H3. The Balaban J connectivity index is 1.64. The molecule has 146 valence electrons. The molecule has 1 amide bonds. The number of thioether (sulfide) groups is 1. The summed E-state index contributed by atoms with van der Waals surface area (Å²) in [6.45, 7) is 7.59. The first-order valence-electron chi connectivity index (χ1n) is 9.41. The third kappa shape index (κ3) is 4.98. The van der Waals surface area contributed by atoms with Crippen molar-refractivity contribution in [2.24, 2.45) is 0 Å². The van der Waals surface area contributed by atoms with E-state index in [1.165, 1.54) is 17.3 Å². The number of carbonyl (C=O) groups is 1. The number of hydrogen-bond donors (Lipinski definition) is 0. The van der Waals surface area contributed by atoms with Crippen molar-refractivity contribution in [2.45, 2.75) is 38.4 Å². The topological polar surface area (TPSA) is 63.9 Å². The zero-order valence-corrected chi connectivity index (χ0v) is 17.3. The molecule has 0 N–H and O–H groups in total. The molecule has 0 bridgehead atoms. The minimum absolute atomic E-state index is 0.0704. The zero-order valence-electron chi connectivity index (χ0n) is 16.4. The highest BCUT2D eigenvalue weighted by Crippen LogP contribution is 2.21. The maximum atomic E-state index is 12.7. The minimum atomic E-state index is 0.0704. The molecule has 0 saturated heterocycles. The van der Waals surface area contributed by atoms with E-state index in [4.69, 9.17) is 0 Å². The second-order valence-corrected chi connectivity index (χ2v) is 7.74. The second-order valence-electron chi connectivity index (χ2n) is 6.80.